The topological polar surface area (TPSA) is 77.5 Å². The predicted octanol–water partition coefficient (Wildman–Crippen LogP) is 0.707. The first-order valence-electron chi connectivity index (χ1n) is 3.83. The summed E-state index contributed by atoms with van der Waals surface area (Å²) in [6, 6.07) is 0. The van der Waals surface area contributed by atoms with Crippen LogP contribution in [0.3, 0.4) is 0 Å². The number of alkyl halides is 5. The molecule has 0 aromatic rings. The van der Waals surface area contributed by atoms with Crippen LogP contribution in [0.1, 0.15) is 6.42 Å². The predicted molar refractivity (Wildman–Crippen MR) is 37.8 cm³/mol. The Bertz CT molecular complexity index is 403. The van der Waals surface area contributed by atoms with Crippen molar-refractivity contribution in [1.29, 1.82) is 0 Å². The van der Waals surface area contributed by atoms with Crippen molar-refractivity contribution in [2.75, 3.05) is 0 Å². The molecule has 12 heteroatoms. The zero-order chi connectivity index (χ0) is 14.7. The van der Waals surface area contributed by atoms with Crippen molar-refractivity contribution in [3.05, 3.63) is 0 Å². The van der Waals surface area contributed by atoms with Crippen molar-refractivity contribution in [2.24, 2.45) is 0 Å². The molecule has 0 aliphatic carbocycles. The van der Waals surface area contributed by atoms with E-state index in [9.17, 15) is 45.7 Å². The maximum absolute atomic E-state index is 12.7. The smallest absolute Gasteiger partial charge is 0.292 e. The summed E-state index contributed by atoms with van der Waals surface area (Å²) < 4.78 is 71.5. The summed E-state index contributed by atoms with van der Waals surface area (Å²) >= 11 is 0. The van der Waals surface area contributed by atoms with Gasteiger partial charge in [0.05, 0.1) is 6.42 Å². The molecule has 0 fully saturated rings. The molecule has 0 aliphatic rings. The first kappa shape index (κ1) is 19.9. The summed E-state index contributed by atoms with van der Waals surface area (Å²) in [5.41, 5.74) is 0. The van der Waals surface area contributed by atoms with E-state index in [-0.39, 0.29) is 16.5 Å². The van der Waals surface area contributed by atoms with E-state index >= 15 is 0 Å². The van der Waals surface area contributed by atoms with Gasteiger partial charge in [-0.25, -0.2) is 9.74 Å². The van der Waals surface area contributed by atoms with E-state index < -0.39 is 41.8 Å². The molecule has 0 heterocycles. The molecular weight excluding hydrogens is 337 g/mol. The molecule has 0 rings (SSSR count). The normalized spacial score (nSPS) is 11.3. The largest absolute Gasteiger partial charge is 0.450 e. The van der Waals surface area contributed by atoms with Crippen LogP contribution in [-0.2, 0) is 40.6 Å². The van der Waals surface area contributed by atoms with Crippen LogP contribution >= 0.6 is 0 Å². The fraction of sp³-hybridized carbons (Fsp3) is 0.429. The molecule has 0 saturated heterocycles. The fourth-order valence-corrected chi connectivity index (χ4v) is 0.647. The summed E-state index contributed by atoms with van der Waals surface area (Å²) in [4.78, 5) is 43.3. The van der Waals surface area contributed by atoms with Crippen molar-refractivity contribution in [1.82, 2.24) is 0 Å². The average Bonchev–Trinajstić information content (AvgIpc) is 2.25. The molecule has 5 nitrogen and oxygen atoms in total. The number of rotatable bonds is 5. The van der Waals surface area contributed by atoms with Gasteiger partial charge in [0.25, 0.3) is 0 Å². The number of halogens is 6. The van der Waals surface area contributed by atoms with Crippen LogP contribution in [0, 0.1) is 0 Å². The van der Waals surface area contributed by atoms with E-state index in [0.717, 1.165) is 0 Å². The van der Waals surface area contributed by atoms with Crippen molar-refractivity contribution in [3.63, 3.8) is 0 Å². The third kappa shape index (κ3) is 4.97. The van der Waals surface area contributed by atoms with Crippen LogP contribution < -0.4 is 0 Å². The van der Waals surface area contributed by atoms with E-state index in [1.807, 2.05) is 0 Å². The molecule has 0 amide bonds. The van der Waals surface area contributed by atoms with Gasteiger partial charge in [0.1, 0.15) is 0 Å². The number of hydrogen-bond acceptors (Lipinski definition) is 5. The zero-order valence-electron chi connectivity index (χ0n) is 8.33. The SMILES string of the molecule is O=C(OF)C(=O)C(F)(F)C(=O)CC(=O)C(F)(F)F.[Ni]. The van der Waals surface area contributed by atoms with Gasteiger partial charge in [-0.2, -0.15) is 22.0 Å². The molecule has 112 valence electrons. The van der Waals surface area contributed by atoms with Crippen LogP contribution in [0.15, 0.2) is 0 Å². The molecule has 0 radical (unpaired) electrons. The molecule has 0 bridgehead atoms. The van der Waals surface area contributed by atoms with Gasteiger partial charge >= 0.3 is 23.9 Å². The Labute approximate surface area is 110 Å². The van der Waals surface area contributed by atoms with Crippen molar-refractivity contribution >= 4 is 23.3 Å². The maximum atomic E-state index is 12.7. The summed E-state index contributed by atoms with van der Waals surface area (Å²) in [7, 11) is 0. The quantitative estimate of drug-likeness (QED) is 0.319. The Morgan fingerprint density at radius 2 is 1.32 bits per heavy atom. The Balaban J connectivity index is 0. The molecule has 0 aromatic heterocycles. The molecule has 0 atom stereocenters. The van der Waals surface area contributed by atoms with Crippen LogP contribution in [0.25, 0.3) is 0 Å². The molecule has 0 unspecified atom stereocenters. The van der Waals surface area contributed by atoms with Gasteiger partial charge in [-0.15, -0.1) is 0 Å². The Morgan fingerprint density at radius 3 is 1.63 bits per heavy atom. The maximum Gasteiger partial charge on any atom is 0.450 e. The van der Waals surface area contributed by atoms with E-state index in [0.29, 0.717) is 0 Å². The molecule has 0 aliphatic heterocycles. The van der Waals surface area contributed by atoms with Gasteiger partial charge in [-0.1, -0.05) is 0 Å². The zero-order valence-corrected chi connectivity index (χ0v) is 9.32. The Hall–Kier alpha value is -1.45. The van der Waals surface area contributed by atoms with Crippen molar-refractivity contribution in [2.45, 2.75) is 18.5 Å². The first-order valence-corrected chi connectivity index (χ1v) is 3.83. The third-order valence-electron chi connectivity index (χ3n) is 1.53. The second-order valence-corrected chi connectivity index (χ2v) is 2.79. The summed E-state index contributed by atoms with van der Waals surface area (Å²) in [5.74, 6) is -16.7. The minimum atomic E-state index is -5.56. The third-order valence-corrected chi connectivity index (χ3v) is 1.53. The summed E-state index contributed by atoms with van der Waals surface area (Å²) in [5, 5.41) is 0. The van der Waals surface area contributed by atoms with Crippen LogP contribution in [0.2, 0.25) is 0 Å². The first-order chi connectivity index (χ1) is 7.94. The Kier molecular flexibility index (Phi) is 6.95. The van der Waals surface area contributed by atoms with Crippen LogP contribution in [-0.4, -0.2) is 35.4 Å². The second-order valence-electron chi connectivity index (χ2n) is 2.79. The van der Waals surface area contributed by atoms with Gasteiger partial charge in [-0.3, -0.25) is 14.4 Å². The van der Waals surface area contributed by atoms with Gasteiger partial charge in [0, 0.05) is 21.0 Å². The minimum Gasteiger partial charge on any atom is -0.292 e. The van der Waals surface area contributed by atoms with E-state index in [2.05, 4.69) is 4.94 Å². The van der Waals surface area contributed by atoms with E-state index in [1.54, 1.807) is 0 Å². The van der Waals surface area contributed by atoms with E-state index in [4.69, 9.17) is 0 Å². The van der Waals surface area contributed by atoms with Crippen molar-refractivity contribution < 1.29 is 67.1 Å². The molecule has 0 N–H and O–H groups in total. The minimum absolute atomic E-state index is 0. The Morgan fingerprint density at radius 1 is 0.895 bits per heavy atom. The average molecular weight is 339 g/mol. The summed E-state index contributed by atoms with van der Waals surface area (Å²) in [6.45, 7) is 0. The van der Waals surface area contributed by atoms with Gasteiger partial charge in [0.2, 0.25) is 11.6 Å². The molecule has 19 heavy (non-hydrogen) atoms. The monoisotopic (exact) mass is 338 g/mol. The van der Waals surface area contributed by atoms with Gasteiger partial charge in [0.15, 0.2) is 0 Å². The number of carbonyl (C=O) groups excluding carboxylic acids is 4. The summed E-state index contributed by atoms with van der Waals surface area (Å²) in [6.07, 6.45) is -7.92. The standard InChI is InChI=1S/C7H2F6O5.Ni/c8-6(9,4(16)5(17)18-13)2(14)1-3(15)7(10,11)12;/h1H2;. The van der Waals surface area contributed by atoms with Crippen LogP contribution in [0.4, 0.5) is 26.5 Å². The number of ketones is 3. The molecule has 0 spiro atoms. The number of carbonyl (C=O) groups is 4. The molecule has 0 aromatic carbocycles. The van der Waals surface area contributed by atoms with Crippen LogP contribution in [0.5, 0.6) is 0 Å². The van der Waals surface area contributed by atoms with Crippen molar-refractivity contribution in [3.8, 4) is 0 Å². The van der Waals surface area contributed by atoms with Gasteiger partial charge < -0.3 is 0 Å². The molecular formula is C7H2F6NiO5. The van der Waals surface area contributed by atoms with Gasteiger partial charge in [-0.05, 0) is 0 Å². The number of hydrogen-bond donors (Lipinski definition) is 0. The fourth-order valence-electron chi connectivity index (χ4n) is 0.647. The number of Topliss-reactive ketones (excluding diaryl/α,β-unsaturated/α-hetero) is 3. The molecule has 0 saturated carbocycles. The van der Waals surface area contributed by atoms with E-state index in [1.165, 1.54) is 0 Å². The second kappa shape index (κ2) is 6.64.